The standard InChI is InChI=1S/C23H21FN4O4S/c1-30-19-11-14(12-20(31-2)21(19)32-3)22-26-27-23(28(22)17-9-5-4-7-15(17)24)33-13-18(29)16-8-6-10-25-16/h4-12,25H,13H2,1-3H3. The van der Waals surface area contributed by atoms with Crippen molar-refractivity contribution in [2.75, 3.05) is 27.1 Å². The Labute approximate surface area is 193 Å². The number of carbonyl (C=O) groups is 1. The number of benzene rings is 2. The first-order valence-electron chi connectivity index (χ1n) is 9.87. The number of nitrogens with zero attached hydrogens (tertiary/aromatic N) is 3. The molecule has 33 heavy (non-hydrogen) atoms. The van der Waals surface area contributed by atoms with Gasteiger partial charge in [-0.25, -0.2) is 4.39 Å². The molecule has 170 valence electrons. The lowest BCUT2D eigenvalue weighted by atomic mass is 10.1. The summed E-state index contributed by atoms with van der Waals surface area (Å²) in [6.07, 6.45) is 1.68. The number of hydrogen-bond acceptors (Lipinski definition) is 7. The van der Waals surface area contributed by atoms with Crippen LogP contribution in [0.4, 0.5) is 4.39 Å². The average molecular weight is 469 g/mol. The molecule has 0 amide bonds. The van der Waals surface area contributed by atoms with Crippen LogP contribution in [-0.2, 0) is 0 Å². The molecule has 0 saturated heterocycles. The minimum absolute atomic E-state index is 0.0996. The normalized spacial score (nSPS) is 10.8. The van der Waals surface area contributed by atoms with Gasteiger partial charge in [0, 0.05) is 11.8 Å². The molecule has 2 aromatic carbocycles. The molecule has 0 spiro atoms. The van der Waals surface area contributed by atoms with E-state index >= 15 is 0 Å². The summed E-state index contributed by atoms with van der Waals surface area (Å²) in [6, 6.07) is 13.2. The Kier molecular flexibility index (Phi) is 6.64. The van der Waals surface area contributed by atoms with Crippen molar-refractivity contribution < 1.29 is 23.4 Å². The van der Waals surface area contributed by atoms with E-state index < -0.39 is 5.82 Å². The zero-order valence-electron chi connectivity index (χ0n) is 18.2. The highest BCUT2D eigenvalue weighted by molar-refractivity contribution is 7.99. The van der Waals surface area contributed by atoms with Crippen molar-refractivity contribution >= 4 is 17.5 Å². The van der Waals surface area contributed by atoms with Gasteiger partial charge in [-0.1, -0.05) is 23.9 Å². The van der Waals surface area contributed by atoms with Gasteiger partial charge >= 0.3 is 0 Å². The van der Waals surface area contributed by atoms with Gasteiger partial charge in [-0.2, -0.15) is 0 Å². The van der Waals surface area contributed by atoms with Gasteiger partial charge in [-0.15, -0.1) is 10.2 Å². The SMILES string of the molecule is COc1cc(-c2nnc(SCC(=O)c3ccc[nH]3)n2-c2ccccc2F)cc(OC)c1OC. The predicted molar refractivity (Wildman–Crippen MR) is 122 cm³/mol. The summed E-state index contributed by atoms with van der Waals surface area (Å²) in [4.78, 5) is 15.4. The Morgan fingerprint density at radius 2 is 1.76 bits per heavy atom. The van der Waals surface area contributed by atoms with Gasteiger partial charge in [0.05, 0.1) is 38.5 Å². The van der Waals surface area contributed by atoms with E-state index in [-0.39, 0.29) is 17.2 Å². The maximum absolute atomic E-state index is 14.8. The number of rotatable bonds is 9. The molecule has 10 heteroatoms. The number of ether oxygens (including phenoxy) is 3. The van der Waals surface area contributed by atoms with Gasteiger partial charge in [0.2, 0.25) is 5.75 Å². The largest absolute Gasteiger partial charge is 0.493 e. The number of aromatic nitrogens is 4. The molecule has 0 fully saturated rings. The van der Waals surface area contributed by atoms with Crippen LogP contribution in [0.15, 0.2) is 59.9 Å². The number of methoxy groups -OCH3 is 3. The summed E-state index contributed by atoms with van der Waals surface area (Å²) in [7, 11) is 4.53. The molecule has 4 rings (SSSR count). The molecule has 0 aliphatic heterocycles. The molecule has 1 N–H and O–H groups in total. The summed E-state index contributed by atoms with van der Waals surface area (Å²) < 4.78 is 32.7. The lowest BCUT2D eigenvalue weighted by Gasteiger charge is -2.15. The van der Waals surface area contributed by atoms with E-state index in [1.165, 1.54) is 39.2 Å². The van der Waals surface area contributed by atoms with Crippen molar-refractivity contribution in [1.82, 2.24) is 19.7 Å². The van der Waals surface area contributed by atoms with Crippen LogP contribution in [0, 0.1) is 5.82 Å². The number of carbonyl (C=O) groups excluding carboxylic acids is 1. The predicted octanol–water partition coefficient (Wildman–Crippen LogP) is 4.40. The lowest BCUT2D eigenvalue weighted by molar-refractivity contribution is 0.101. The van der Waals surface area contributed by atoms with Gasteiger partial charge in [-0.3, -0.25) is 9.36 Å². The highest BCUT2D eigenvalue weighted by Gasteiger charge is 2.23. The van der Waals surface area contributed by atoms with Crippen LogP contribution in [0.25, 0.3) is 17.1 Å². The summed E-state index contributed by atoms with van der Waals surface area (Å²) in [5, 5.41) is 8.92. The zero-order chi connectivity index (χ0) is 23.4. The Balaban J connectivity index is 1.81. The first-order chi connectivity index (χ1) is 16.1. The highest BCUT2D eigenvalue weighted by atomic mass is 32.2. The number of H-pyrrole nitrogens is 1. The molecule has 0 aliphatic carbocycles. The maximum atomic E-state index is 14.8. The maximum Gasteiger partial charge on any atom is 0.203 e. The second-order valence-electron chi connectivity index (χ2n) is 6.80. The van der Waals surface area contributed by atoms with Crippen molar-refractivity contribution in [2.45, 2.75) is 5.16 Å². The highest BCUT2D eigenvalue weighted by Crippen LogP contribution is 2.41. The minimum atomic E-state index is -0.455. The van der Waals surface area contributed by atoms with Crippen LogP contribution in [-0.4, -0.2) is 52.6 Å². The summed E-state index contributed by atoms with van der Waals surface area (Å²) in [5.41, 5.74) is 1.31. The molecule has 0 saturated carbocycles. The molecule has 2 aromatic heterocycles. The van der Waals surface area contributed by atoms with Crippen molar-refractivity contribution in [3.8, 4) is 34.3 Å². The van der Waals surface area contributed by atoms with Gasteiger partial charge in [0.1, 0.15) is 5.82 Å². The second kappa shape index (κ2) is 9.78. The van der Waals surface area contributed by atoms with E-state index in [1.54, 1.807) is 53.2 Å². The topological polar surface area (TPSA) is 91.3 Å². The first-order valence-corrected chi connectivity index (χ1v) is 10.9. The van der Waals surface area contributed by atoms with Crippen molar-refractivity contribution in [3.63, 3.8) is 0 Å². The summed E-state index contributed by atoms with van der Waals surface area (Å²) in [5.74, 6) is 1.16. The molecular weight excluding hydrogens is 447 g/mol. The second-order valence-corrected chi connectivity index (χ2v) is 7.75. The van der Waals surface area contributed by atoms with E-state index in [0.717, 1.165) is 0 Å². The Hall–Kier alpha value is -3.79. The van der Waals surface area contributed by atoms with E-state index in [9.17, 15) is 9.18 Å². The smallest absolute Gasteiger partial charge is 0.203 e. The fourth-order valence-electron chi connectivity index (χ4n) is 3.32. The van der Waals surface area contributed by atoms with Gasteiger partial charge in [0.15, 0.2) is 28.3 Å². The molecule has 0 unspecified atom stereocenters. The third-order valence-corrected chi connectivity index (χ3v) is 5.81. The molecule has 0 radical (unpaired) electrons. The van der Waals surface area contributed by atoms with Crippen molar-refractivity contribution in [2.24, 2.45) is 0 Å². The van der Waals surface area contributed by atoms with Crippen molar-refractivity contribution in [1.29, 1.82) is 0 Å². The lowest BCUT2D eigenvalue weighted by Crippen LogP contribution is -2.06. The number of Topliss-reactive ketones (excluding diaryl/α,β-unsaturated/α-hetero) is 1. The quantitative estimate of drug-likeness (QED) is 0.288. The Morgan fingerprint density at radius 1 is 1.03 bits per heavy atom. The zero-order valence-corrected chi connectivity index (χ0v) is 19.0. The molecule has 4 aromatic rings. The van der Waals surface area contributed by atoms with Gasteiger partial charge in [-0.05, 0) is 36.4 Å². The van der Waals surface area contributed by atoms with Crippen LogP contribution in [0.5, 0.6) is 17.2 Å². The number of aromatic amines is 1. The Morgan fingerprint density at radius 3 is 2.36 bits per heavy atom. The van der Waals surface area contributed by atoms with E-state index in [2.05, 4.69) is 15.2 Å². The number of nitrogens with one attached hydrogen (secondary N) is 1. The van der Waals surface area contributed by atoms with Crippen LogP contribution < -0.4 is 14.2 Å². The fraction of sp³-hybridized carbons (Fsp3) is 0.174. The van der Waals surface area contributed by atoms with Crippen LogP contribution >= 0.6 is 11.8 Å². The molecule has 2 heterocycles. The van der Waals surface area contributed by atoms with E-state index in [0.29, 0.717) is 39.5 Å². The summed E-state index contributed by atoms with van der Waals surface area (Å²) in [6.45, 7) is 0. The van der Waals surface area contributed by atoms with E-state index in [1.807, 2.05) is 0 Å². The molecule has 0 aliphatic rings. The summed E-state index contributed by atoms with van der Waals surface area (Å²) >= 11 is 1.17. The average Bonchev–Trinajstić information content (AvgIpc) is 3.52. The number of halogens is 1. The van der Waals surface area contributed by atoms with Crippen LogP contribution in [0.3, 0.4) is 0 Å². The van der Waals surface area contributed by atoms with Gasteiger partial charge < -0.3 is 19.2 Å². The van der Waals surface area contributed by atoms with Crippen LogP contribution in [0.1, 0.15) is 10.5 Å². The number of hydrogen-bond donors (Lipinski definition) is 1. The number of thioether (sulfide) groups is 1. The third kappa shape index (κ3) is 4.42. The number of para-hydroxylation sites is 1. The molecular formula is C23H21FN4O4S. The van der Waals surface area contributed by atoms with Crippen LogP contribution in [0.2, 0.25) is 0 Å². The molecule has 0 bridgehead atoms. The van der Waals surface area contributed by atoms with E-state index in [4.69, 9.17) is 14.2 Å². The minimum Gasteiger partial charge on any atom is -0.493 e. The third-order valence-electron chi connectivity index (χ3n) is 4.88. The first kappa shape index (κ1) is 22.4. The Bertz CT molecular complexity index is 1250. The molecule has 0 atom stereocenters. The van der Waals surface area contributed by atoms with Gasteiger partial charge in [0.25, 0.3) is 0 Å². The van der Waals surface area contributed by atoms with Crippen molar-refractivity contribution in [3.05, 3.63) is 66.2 Å². The molecule has 8 nitrogen and oxygen atoms in total. The fourth-order valence-corrected chi connectivity index (χ4v) is 4.15. The monoisotopic (exact) mass is 468 g/mol. The number of ketones is 1.